The van der Waals surface area contributed by atoms with Crippen LogP contribution in [0.5, 0.6) is 0 Å². The average Bonchev–Trinajstić information content (AvgIpc) is 3.01. The molecule has 0 aliphatic heterocycles. The molecule has 0 saturated heterocycles. The van der Waals surface area contributed by atoms with Crippen molar-refractivity contribution in [1.29, 1.82) is 0 Å². The molecular weight excluding hydrogens is 256 g/mol. The number of hydrogen-bond acceptors (Lipinski definition) is 3. The number of aryl methyl sites for hydroxylation is 1. The molecule has 1 N–H and O–H groups in total. The van der Waals surface area contributed by atoms with Gasteiger partial charge in [0.25, 0.3) is 0 Å². The maximum Gasteiger partial charge on any atom is 0.310 e. The topological polar surface area (TPSA) is 68.3 Å². The van der Waals surface area contributed by atoms with Gasteiger partial charge in [0, 0.05) is 13.2 Å². The van der Waals surface area contributed by atoms with E-state index in [1.165, 1.54) is 0 Å². The van der Waals surface area contributed by atoms with Gasteiger partial charge in [-0.2, -0.15) is 0 Å². The predicted molar refractivity (Wildman–Crippen MR) is 74.5 cm³/mol. The second-order valence-electron chi connectivity index (χ2n) is 4.81. The second-order valence-corrected chi connectivity index (χ2v) is 4.81. The van der Waals surface area contributed by atoms with Crippen LogP contribution in [0.15, 0.2) is 40.9 Å². The van der Waals surface area contributed by atoms with Crippen molar-refractivity contribution in [3.63, 3.8) is 0 Å². The Kier molecular flexibility index (Phi) is 2.82. The molecule has 0 radical (unpaired) electrons. The van der Waals surface area contributed by atoms with Crippen molar-refractivity contribution in [2.45, 2.75) is 12.8 Å². The van der Waals surface area contributed by atoms with Crippen LogP contribution in [0, 0.1) is 0 Å². The third-order valence-electron chi connectivity index (χ3n) is 3.45. The maximum atomic E-state index is 11.0. The molecule has 0 saturated carbocycles. The Hall–Kier alpha value is -2.56. The summed E-state index contributed by atoms with van der Waals surface area (Å²) in [6.07, 6.45) is 1.92. The van der Waals surface area contributed by atoms with Gasteiger partial charge >= 0.3 is 5.97 Å². The summed E-state index contributed by atoms with van der Waals surface area (Å²) in [4.78, 5) is 15.4. The van der Waals surface area contributed by atoms with Gasteiger partial charge in [0.2, 0.25) is 5.89 Å². The lowest BCUT2D eigenvalue weighted by Gasteiger charge is -2.04. The number of hydrogen-bond donors (Lipinski definition) is 1. The molecule has 0 amide bonds. The largest absolute Gasteiger partial charge is 0.481 e. The van der Waals surface area contributed by atoms with Crippen molar-refractivity contribution in [2.24, 2.45) is 7.05 Å². The van der Waals surface area contributed by atoms with Crippen molar-refractivity contribution in [3.05, 3.63) is 42.1 Å². The van der Waals surface area contributed by atoms with Gasteiger partial charge in [-0.15, -0.1) is 0 Å². The molecule has 2 heterocycles. The van der Waals surface area contributed by atoms with Gasteiger partial charge < -0.3 is 14.1 Å². The van der Waals surface area contributed by atoms with Crippen LogP contribution in [0.1, 0.15) is 18.4 Å². The number of carboxylic acids is 1. The van der Waals surface area contributed by atoms with E-state index in [1.54, 1.807) is 25.1 Å². The van der Waals surface area contributed by atoms with E-state index in [1.807, 2.05) is 29.9 Å². The quantitative estimate of drug-likeness (QED) is 0.794. The number of carbonyl (C=O) groups is 1. The molecule has 3 aromatic rings. The molecule has 0 aliphatic rings. The molecule has 0 aliphatic carbocycles. The molecule has 20 heavy (non-hydrogen) atoms. The first-order chi connectivity index (χ1) is 9.56. The van der Waals surface area contributed by atoms with Crippen molar-refractivity contribution in [3.8, 4) is 11.6 Å². The minimum Gasteiger partial charge on any atom is -0.481 e. The zero-order valence-corrected chi connectivity index (χ0v) is 11.2. The van der Waals surface area contributed by atoms with E-state index in [2.05, 4.69) is 4.98 Å². The molecular formula is C15H14N2O3. The number of aromatic nitrogens is 2. The van der Waals surface area contributed by atoms with E-state index < -0.39 is 11.9 Å². The summed E-state index contributed by atoms with van der Waals surface area (Å²) < 4.78 is 7.66. The molecule has 0 bridgehead atoms. The molecule has 1 aromatic carbocycles. The molecule has 3 rings (SSSR count). The Labute approximate surface area is 115 Å². The third kappa shape index (κ3) is 1.97. The molecule has 5 heteroatoms. The normalized spacial score (nSPS) is 12.7. The van der Waals surface area contributed by atoms with Gasteiger partial charge in [0.05, 0.1) is 5.92 Å². The standard InChI is InChI=1S/C15H14N2O3/c1-9(15(18)19)10-5-6-11-13(8-10)20-14(16-11)12-4-3-7-17(12)2/h3-9H,1-2H3,(H,18,19). The van der Waals surface area contributed by atoms with Crippen LogP contribution < -0.4 is 0 Å². The second kappa shape index (κ2) is 4.52. The van der Waals surface area contributed by atoms with Crippen molar-refractivity contribution in [1.82, 2.24) is 9.55 Å². The van der Waals surface area contributed by atoms with Crippen LogP contribution in [0.25, 0.3) is 22.7 Å². The summed E-state index contributed by atoms with van der Waals surface area (Å²) in [7, 11) is 1.92. The van der Waals surface area contributed by atoms with E-state index in [0.717, 1.165) is 11.2 Å². The van der Waals surface area contributed by atoms with E-state index in [-0.39, 0.29) is 0 Å². The summed E-state index contributed by atoms with van der Waals surface area (Å²) in [5, 5.41) is 9.05. The van der Waals surface area contributed by atoms with Crippen LogP contribution >= 0.6 is 0 Å². The van der Waals surface area contributed by atoms with Crippen LogP contribution in [0.4, 0.5) is 0 Å². The smallest absolute Gasteiger partial charge is 0.310 e. The fourth-order valence-electron chi connectivity index (χ4n) is 2.15. The number of nitrogens with zero attached hydrogens (tertiary/aromatic N) is 2. The minimum atomic E-state index is -0.855. The summed E-state index contributed by atoms with van der Waals surface area (Å²) in [6.45, 7) is 1.65. The first-order valence-corrected chi connectivity index (χ1v) is 6.31. The van der Waals surface area contributed by atoms with Gasteiger partial charge in [0.1, 0.15) is 11.2 Å². The fourth-order valence-corrected chi connectivity index (χ4v) is 2.15. The van der Waals surface area contributed by atoms with Crippen molar-refractivity contribution < 1.29 is 14.3 Å². The van der Waals surface area contributed by atoms with Crippen LogP contribution in [0.2, 0.25) is 0 Å². The highest BCUT2D eigenvalue weighted by atomic mass is 16.4. The number of carboxylic acid groups (broad SMARTS) is 1. The summed E-state index contributed by atoms with van der Waals surface area (Å²) in [5.41, 5.74) is 2.92. The summed E-state index contributed by atoms with van der Waals surface area (Å²) >= 11 is 0. The van der Waals surface area contributed by atoms with Gasteiger partial charge in [0.15, 0.2) is 5.58 Å². The Bertz CT molecular complexity index is 785. The molecule has 102 valence electrons. The molecule has 2 aromatic heterocycles. The van der Waals surface area contributed by atoms with E-state index >= 15 is 0 Å². The van der Waals surface area contributed by atoms with Gasteiger partial charge in [-0.1, -0.05) is 6.07 Å². The SMILES string of the molecule is CC(C(=O)O)c1ccc2nc(-c3cccn3C)oc2c1. The number of rotatable bonds is 3. The zero-order valence-electron chi connectivity index (χ0n) is 11.2. The fraction of sp³-hybridized carbons (Fsp3) is 0.200. The van der Waals surface area contributed by atoms with E-state index in [9.17, 15) is 4.79 Å². The van der Waals surface area contributed by atoms with Crippen molar-refractivity contribution in [2.75, 3.05) is 0 Å². The first-order valence-electron chi connectivity index (χ1n) is 6.31. The van der Waals surface area contributed by atoms with Gasteiger partial charge in [-0.05, 0) is 36.8 Å². The number of fused-ring (bicyclic) bond motifs is 1. The highest BCUT2D eigenvalue weighted by Gasteiger charge is 2.16. The summed E-state index contributed by atoms with van der Waals surface area (Å²) in [6, 6.07) is 9.15. The minimum absolute atomic E-state index is 0.535. The molecule has 1 unspecified atom stereocenters. The van der Waals surface area contributed by atoms with Gasteiger partial charge in [-0.3, -0.25) is 4.79 Å². The number of aliphatic carboxylic acids is 1. The highest BCUT2D eigenvalue weighted by Crippen LogP contribution is 2.27. The Morgan fingerprint density at radius 3 is 2.85 bits per heavy atom. The maximum absolute atomic E-state index is 11.0. The molecule has 5 nitrogen and oxygen atoms in total. The van der Waals surface area contributed by atoms with Crippen LogP contribution in [-0.4, -0.2) is 20.6 Å². The Balaban J connectivity index is 2.08. The first kappa shape index (κ1) is 12.5. The lowest BCUT2D eigenvalue weighted by Crippen LogP contribution is -2.06. The number of oxazole rings is 1. The van der Waals surface area contributed by atoms with Crippen molar-refractivity contribution >= 4 is 17.1 Å². The van der Waals surface area contributed by atoms with E-state index in [4.69, 9.17) is 9.52 Å². The van der Waals surface area contributed by atoms with Crippen LogP contribution in [0.3, 0.4) is 0 Å². The Morgan fingerprint density at radius 1 is 1.40 bits per heavy atom. The predicted octanol–water partition coefficient (Wildman–Crippen LogP) is 3.02. The monoisotopic (exact) mass is 270 g/mol. The van der Waals surface area contributed by atoms with E-state index in [0.29, 0.717) is 17.0 Å². The lowest BCUT2D eigenvalue weighted by atomic mass is 10.0. The number of benzene rings is 1. The van der Waals surface area contributed by atoms with Crippen LogP contribution in [-0.2, 0) is 11.8 Å². The highest BCUT2D eigenvalue weighted by molar-refractivity contribution is 5.80. The average molecular weight is 270 g/mol. The lowest BCUT2D eigenvalue weighted by molar-refractivity contribution is -0.138. The molecule has 0 spiro atoms. The summed E-state index contributed by atoms with van der Waals surface area (Å²) in [5.74, 6) is -0.887. The molecule has 1 atom stereocenters. The Morgan fingerprint density at radius 2 is 2.20 bits per heavy atom. The van der Waals surface area contributed by atoms with Gasteiger partial charge in [-0.25, -0.2) is 4.98 Å². The zero-order chi connectivity index (χ0) is 14.3. The molecule has 0 fully saturated rings. The third-order valence-corrected chi connectivity index (χ3v) is 3.45.